The van der Waals surface area contributed by atoms with Crippen LogP contribution in [0.15, 0.2) is 0 Å². The smallest absolute Gasteiger partial charge is 0.326 e. The quantitative estimate of drug-likeness (QED) is 0.669. The maximum absolute atomic E-state index is 11.2. The van der Waals surface area contributed by atoms with Gasteiger partial charge in [-0.3, -0.25) is 4.79 Å². The Labute approximate surface area is 84.6 Å². The molecule has 1 aliphatic rings. The molecule has 0 saturated heterocycles. The second-order valence-electron chi connectivity index (χ2n) is 4.16. The molecule has 1 aliphatic carbocycles. The molecule has 0 aromatic rings. The van der Waals surface area contributed by atoms with Gasteiger partial charge < -0.3 is 15.2 Å². The molecule has 0 aliphatic heterocycles. The molecule has 0 spiro atoms. The van der Waals surface area contributed by atoms with Crippen molar-refractivity contribution in [2.45, 2.75) is 38.3 Å². The van der Waals surface area contributed by atoms with E-state index in [4.69, 9.17) is 4.74 Å². The van der Waals surface area contributed by atoms with Crippen molar-refractivity contribution in [3.8, 4) is 0 Å². The number of hydrogen-bond donors (Lipinski definition) is 2. The van der Waals surface area contributed by atoms with Crippen LogP contribution in [0.1, 0.15) is 26.7 Å². The number of carboxylic acid groups (broad SMARTS) is 1. The van der Waals surface area contributed by atoms with Gasteiger partial charge in [0.2, 0.25) is 0 Å². The summed E-state index contributed by atoms with van der Waals surface area (Å²) in [5, 5.41) is 12.1. The predicted molar refractivity (Wildman–Crippen MR) is 53.2 cm³/mol. The molecule has 0 aromatic heterocycles. The first-order valence-electron chi connectivity index (χ1n) is 5.07. The number of ether oxygens (including phenoxy) is 1. The highest BCUT2D eigenvalue weighted by molar-refractivity contribution is 5.80. The van der Waals surface area contributed by atoms with E-state index in [9.17, 15) is 9.90 Å². The first-order valence-corrected chi connectivity index (χ1v) is 5.07. The van der Waals surface area contributed by atoms with Gasteiger partial charge in [-0.15, -0.1) is 0 Å². The minimum atomic E-state index is -0.871. The van der Waals surface area contributed by atoms with Crippen molar-refractivity contribution < 1.29 is 14.6 Å². The van der Waals surface area contributed by atoms with Gasteiger partial charge in [0.25, 0.3) is 0 Å². The SMILES string of the molecule is CNC(COC(C)C)(C(=O)O)C1CC1. The molecule has 1 saturated carbocycles. The summed E-state index contributed by atoms with van der Waals surface area (Å²) in [6, 6.07) is 0. The summed E-state index contributed by atoms with van der Waals surface area (Å²) in [5.41, 5.74) is -0.871. The lowest BCUT2D eigenvalue weighted by molar-refractivity contribution is -0.149. The standard InChI is InChI=1S/C10H19NO3/c1-7(2)14-6-10(11-3,9(12)13)8-4-5-8/h7-8,11H,4-6H2,1-3H3,(H,12,13). The van der Waals surface area contributed by atoms with Crippen LogP contribution in [-0.4, -0.2) is 36.4 Å². The maximum atomic E-state index is 11.2. The molecule has 14 heavy (non-hydrogen) atoms. The lowest BCUT2D eigenvalue weighted by Crippen LogP contribution is -2.56. The van der Waals surface area contributed by atoms with Crippen molar-refractivity contribution in [1.29, 1.82) is 0 Å². The summed E-state index contributed by atoms with van der Waals surface area (Å²) >= 11 is 0. The molecule has 82 valence electrons. The Morgan fingerprint density at radius 1 is 1.64 bits per heavy atom. The Bertz CT molecular complexity index is 213. The molecule has 0 heterocycles. The lowest BCUT2D eigenvalue weighted by atomic mass is 9.94. The van der Waals surface area contributed by atoms with Crippen LogP contribution < -0.4 is 5.32 Å². The fourth-order valence-corrected chi connectivity index (χ4v) is 1.61. The third kappa shape index (κ3) is 2.25. The Kier molecular flexibility index (Phi) is 3.50. The molecule has 1 unspecified atom stereocenters. The van der Waals surface area contributed by atoms with Crippen LogP contribution in [0.25, 0.3) is 0 Å². The fraction of sp³-hybridized carbons (Fsp3) is 0.900. The summed E-state index contributed by atoms with van der Waals surface area (Å²) in [6.07, 6.45) is 2.03. The lowest BCUT2D eigenvalue weighted by Gasteiger charge is -2.29. The molecular formula is C10H19NO3. The Morgan fingerprint density at radius 3 is 2.50 bits per heavy atom. The third-order valence-corrected chi connectivity index (χ3v) is 2.75. The van der Waals surface area contributed by atoms with E-state index < -0.39 is 11.5 Å². The average Bonchev–Trinajstić information content (AvgIpc) is 2.89. The molecule has 1 rings (SSSR count). The van der Waals surface area contributed by atoms with Gasteiger partial charge in [0.15, 0.2) is 0 Å². The second kappa shape index (κ2) is 4.28. The van der Waals surface area contributed by atoms with E-state index in [2.05, 4.69) is 5.32 Å². The van der Waals surface area contributed by atoms with E-state index in [1.165, 1.54) is 0 Å². The zero-order valence-corrected chi connectivity index (χ0v) is 9.04. The van der Waals surface area contributed by atoms with Gasteiger partial charge in [-0.2, -0.15) is 0 Å². The summed E-state index contributed by atoms with van der Waals surface area (Å²) in [5.74, 6) is -0.577. The molecule has 2 N–H and O–H groups in total. The number of carbonyl (C=O) groups is 1. The average molecular weight is 201 g/mol. The number of hydrogen-bond acceptors (Lipinski definition) is 3. The number of carboxylic acids is 1. The van der Waals surface area contributed by atoms with Gasteiger partial charge in [0.05, 0.1) is 12.7 Å². The van der Waals surface area contributed by atoms with Crippen LogP contribution in [0.4, 0.5) is 0 Å². The monoisotopic (exact) mass is 201 g/mol. The first kappa shape index (κ1) is 11.5. The number of nitrogens with one attached hydrogen (secondary N) is 1. The van der Waals surface area contributed by atoms with Gasteiger partial charge >= 0.3 is 5.97 Å². The Morgan fingerprint density at radius 2 is 2.21 bits per heavy atom. The number of likely N-dealkylation sites (N-methyl/N-ethyl adjacent to an activating group) is 1. The molecule has 4 heteroatoms. The predicted octanol–water partition coefficient (Wildman–Crippen LogP) is 0.864. The second-order valence-corrected chi connectivity index (χ2v) is 4.16. The molecule has 0 radical (unpaired) electrons. The van der Waals surface area contributed by atoms with Gasteiger partial charge in [-0.25, -0.2) is 0 Å². The molecule has 0 aromatic carbocycles. The van der Waals surface area contributed by atoms with Crippen LogP contribution >= 0.6 is 0 Å². The van der Waals surface area contributed by atoms with Crippen molar-refractivity contribution in [1.82, 2.24) is 5.32 Å². The topological polar surface area (TPSA) is 58.6 Å². The van der Waals surface area contributed by atoms with Crippen molar-refractivity contribution in [3.05, 3.63) is 0 Å². The van der Waals surface area contributed by atoms with Crippen LogP contribution in [0.3, 0.4) is 0 Å². The van der Waals surface area contributed by atoms with Crippen molar-refractivity contribution in [2.24, 2.45) is 5.92 Å². The van der Waals surface area contributed by atoms with Crippen LogP contribution in [-0.2, 0) is 9.53 Å². The highest BCUT2D eigenvalue weighted by Crippen LogP contribution is 2.40. The highest BCUT2D eigenvalue weighted by atomic mass is 16.5. The van der Waals surface area contributed by atoms with E-state index in [0.29, 0.717) is 0 Å². The van der Waals surface area contributed by atoms with Crippen LogP contribution in [0, 0.1) is 5.92 Å². The Balaban J connectivity index is 2.63. The molecule has 1 atom stereocenters. The zero-order valence-electron chi connectivity index (χ0n) is 9.04. The summed E-state index contributed by atoms with van der Waals surface area (Å²) in [6.45, 7) is 4.07. The van der Waals surface area contributed by atoms with Gasteiger partial charge in [-0.1, -0.05) is 0 Å². The van der Waals surface area contributed by atoms with Crippen LogP contribution in [0.5, 0.6) is 0 Å². The summed E-state index contributed by atoms with van der Waals surface area (Å²) in [4.78, 5) is 11.2. The van der Waals surface area contributed by atoms with Crippen molar-refractivity contribution >= 4 is 5.97 Å². The molecular weight excluding hydrogens is 182 g/mol. The van der Waals surface area contributed by atoms with Gasteiger partial charge in [-0.05, 0) is 39.7 Å². The summed E-state index contributed by atoms with van der Waals surface area (Å²) < 4.78 is 5.42. The Hall–Kier alpha value is -0.610. The molecule has 0 bridgehead atoms. The largest absolute Gasteiger partial charge is 0.480 e. The van der Waals surface area contributed by atoms with Crippen molar-refractivity contribution in [3.63, 3.8) is 0 Å². The van der Waals surface area contributed by atoms with Crippen LogP contribution in [0.2, 0.25) is 0 Å². The van der Waals surface area contributed by atoms with E-state index >= 15 is 0 Å². The van der Waals surface area contributed by atoms with E-state index in [1.807, 2.05) is 13.8 Å². The first-order chi connectivity index (χ1) is 6.53. The maximum Gasteiger partial charge on any atom is 0.326 e. The van der Waals surface area contributed by atoms with Crippen molar-refractivity contribution in [2.75, 3.05) is 13.7 Å². The van der Waals surface area contributed by atoms with E-state index in [-0.39, 0.29) is 18.6 Å². The van der Waals surface area contributed by atoms with Gasteiger partial charge in [0, 0.05) is 0 Å². The minimum Gasteiger partial charge on any atom is -0.480 e. The minimum absolute atomic E-state index is 0.0702. The number of rotatable bonds is 6. The van der Waals surface area contributed by atoms with E-state index in [0.717, 1.165) is 12.8 Å². The molecule has 1 fully saturated rings. The van der Waals surface area contributed by atoms with Gasteiger partial charge in [0.1, 0.15) is 5.54 Å². The normalized spacial score (nSPS) is 20.9. The van der Waals surface area contributed by atoms with E-state index in [1.54, 1.807) is 7.05 Å². The third-order valence-electron chi connectivity index (χ3n) is 2.75. The number of aliphatic carboxylic acids is 1. The highest BCUT2D eigenvalue weighted by Gasteiger charge is 2.50. The molecule has 4 nitrogen and oxygen atoms in total. The summed E-state index contributed by atoms with van der Waals surface area (Å²) in [7, 11) is 1.69. The zero-order chi connectivity index (χ0) is 10.8. The molecule has 0 amide bonds. The fourth-order valence-electron chi connectivity index (χ4n) is 1.61.